The first kappa shape index (κ1) is 35.6. The van der Waals surface area contributed by atoms with Gasteiger partial charge >= 0.3 is 0 Å². The summed E-state index contributed by atoms with van der Waals surface area (Å²) in [4.78, 5) is 13.9. The van der Waals surface area contributed by atoms with Crippen LogP contribution >= 0.6 is 11.6 Å². The van der Waals surface area contributed by atoms with Gasteiger partial charge in [-0.1, -0.05) is 82.9 Å². The van der Waals surface area contributed by atoms with Gasteiger partial charge in [0.1, 0.15) is 14.2 Å². The maximum Gasteiger partial charge on any atom is 0.268 e. The number of nitrogens with zero attached hydrogens (tertiary/aromatic N) is 3. The van der Waals surface area contributed by atoms with Gasteiger partial charge in [-0.3, -0.25) is 14.6 Å². The summed E-state index contributed by atoms with van der Waals surface area (Å²) in [6, 6.07) is 17.3. The average Bonchev–Trinajstić information content (AvgIpc) is 3.06. The van der Waals surface area contributed by atoms with Gasteiger partial charge < -0.3 is 10.6 Å². The number of hydrogen-bond acceptors (Lipinski definition) is 5. The molecular weight excluding hydrogens is 594 g/mol. The summed E-state index contributed by atoms with van der Waals surface area (Å²) >= 11 is 6.34. The van der Waals surface area contributed by atoms with Gasteiger partial charge in [0.2, 0.25) is 12.4 Å². The van der Waals surface area contributed by atoms with Crippen molar-refractivity contribution in [3.8, 4) is 0 Å². The lowest BCUT2D eigenvalue weighted by molar-refractivity contribution is -0.865. The van der Waals surface area contributed by atoms with Crippen molar-refractivity contribution in [2.24, 2.45) is 0 Å². The summed E-state index contributed by atoms with van der Waals surface area (Å²) in [5, 5.41) is 10.5. The molecule has 4 rings (SSSR count). The van der Waals surface area contributed by atoms with E-state index in [1.165, 1.54) is 75.2 Å². The number of halogens is 1. The van der Waals surface area contributed by atoms with Crippen LogP contribution in [-0.4, -0.2) is 51.3 Å². The largest absolute Gasteiger partial charge is 0.383 e. The van der Waals surface area contributed by atoms with Crippen molar-refractivity contribution in [3.63, 3.8) is 0 Å². The minimum atomic E-state index is 0.574. The molecule has 2 aromatic carbocycles. The molecule has 0 unspecified atom stereocenters. The zero-order valence-corrected chi connectivity index (χ0v) is 29.5. The fourth-order valence-corrected chi connectivity index (χ4v) is 6.65. The summed E-state index contributed by atoms with van der Waals surface area (Å²) in [5.41, 5.74) is 5.48. The third-order valence-corrected chi connectivity index (χ3v) is 9.28. The number of aromatic nitrogens is 2. The molecule has 250 valence electrons. The second-order valence-electron chi connectivity index (χ2n) is 12.4. The Labute approximate surface area is 281 Å². The molecule has 2 aromatic heterocycles. The van der Waals surface area contributed by atoms with Crippen molar-refractivity contribution in [2.75, 3.05) is 51.0 Å². The average molecular weight is 650 g/mol. The third kappa shape index (κ3) is 9.85. The van der Waals surface area contributed by atoms with E-state index in [4.69, 9.17) is 21.3 Å². The van der Waals surface area contributed by atoms with E-state index in [9.17, 15) is 0 Å². The Morgan fingerprint density at radius 3 is 1.74 bits per heavy atom. The molecule has 0 saturated heterocycles. The summed E-state index contributed by atoms with van der Waals surface area (Å²) < 4.78 is 3.60. The molecule has 46 heavy (non-hydrogen) atoms. The monoisotopic (exact) mass is 649 g/mol. The fraction of sp³-hybridized carbons (Fsp3) is 0.526. The van der Waals surface area contributed by atoms with Gasteiger partial charge in [-0.05, 0) is 43.5 Å². The molecule has 0 fully saturated rings. The van der Waals surface area contributed by atoms with Crippen LogP contribution in [0.3, 0.4) is 0 Å². The highest BCUT2D eigenvalue weighted by Crippen LogP contribution is 2.25. The van der Waals surface area contributed by atoms with Crippen LogP contribution in [0.4, 0.5) is 11.4 Å². The van der Waals surface area contributed by atoms with E-state index >= 15 is 0 Å². The molecule has 0 amide bonds. The van der Waals surface area contributed by atoms with Crippen molar-refractivity contribution in [1.29, 1.82) is 0 Å². The molecule has 0 aliphatic carbocycles. The highest BCUT2D eigenvalue weighted by atomic mass is 35.5. The maximum absolute atomic E-state index is 6.34. The summed E-state index contributed by atoms with van der Waals surface area (Å²) in [5.74, 6) is 0. The van der Waals surface area contributed by atoms with E-state index in [2.05, 4.69) is 72.7 Å². The van der Waals surface area contributed by atoms with E-state index in [0.29, 0.717) is 11.1 Å². The van der Waals surface area contributed by atoms with Crippen molar-refractivity contribution in [1.82, 2.24) is 4.90 Å². The smallest absolute Gasteiger partial charge is 0.268 e. The van der Waals surface area contributed by atoms with Crippen molar-refractivity contribution >= 4 is 44.8 Å². The number of rotatable bonds is 21. The summed E-state index contributed by atoms with van der Waals surface area (Å²) in [6.07, 6.45) is 16.9. The number of benzene rings is 2. The molecule has 0 aliphatic rings. The lowest BCUT2D eigenvalue weighted by Crippen LogP contribution is -2.42. The van der Waals surface area contributed by atoms with Crippen molar-refractivity contribution in [2.45, 2.75) is 91.0 Å². The molecule has 0 radical (unpaired) electrons. The number of fused-ring (bicyclic) bond motifs is 2. The summed E-state index contributed by atoms with van der Waals surface area (Å²) in [6.45, 7) is 10.4. The molecule has 8 heteroatoms. The van der Waals surface area contributed by atoms with Crippen LogP contribution in [0.2, 0.25) is 5.02 Å². The molecule has 2 N–H and O–H groups in total. The Morgan fingerprint density at radius 2 is 1.22 bits per heavy atom. The van der Waals surface area contributed by atoms with Crippen molar-refractivity contribution < 1.29 is 19.1 Å². The lowest BCUT2D eigenvalue weighted by atomic mass is 9.99. The number of unbranched alkanes of at least 4 members (excludes halogenated alkanes) is 6. The number of hydrogen-bond donors (Lipinski definition) is 2. The molecule has 2 heterocycles. The second-order valence-corrected chi connectivity index (χ2v) is 12.8. The van der Waals surface area contributed by atoms with Gasteiger partial charge in [0, 0.05) is 71.0 Å². The van der Waals surface area contributed by atoms with Crippen LogP contribution < -0.4 is 29.8 Å². The first-order valence-electron chi connectivity index (χ1n) is 17.4. The van der Waals surface area contributed by atoms with Crippen LogP contribution in [0.25, 0.3) is 21.8 Å². The number of pyridine rings is 2. The third-order valence-electron chi connectivity index (χ3n) is 9.04. The highest BCUT2D eigenvalue weighted by molar-refractivity contribution is 6.31. The number of nitrogens with one attached hydrogen (secondary N) is 2. The first-order valence-corrected chi connectivity index (χ1v) is 17.8. The highest BCUT2D eigenvalue weighted by Gasteiger charge is 2.20. The maximum atomic E-state index is 6.34. The van der Waals surface area contributed by atoms with Crippen LogP contribution in [0, 0.1) is 6.92 Å². The van der Waals surface area contributed by atoms with E-state index in [0.717, 1.165) is 54.0 Å². The number of aryl methyl sites for hydroxylation is 1. The quantitative estimate of drug-likeness (QED) is 0.0713. The minimum Gasteiger partial charge on any atom is -0.383 e. The van der Waals surface area contributed by atoms with E-state index < -0.39 is 0 Å². The topological polar surface area (TPSA) is 53.5 Å². The first-order chi connectivity index (χ1) is 22.5. The van der Waals surface area contributed by atoms with Crippen LogP contribution in [0.15, 0.2) is 60.9 Å². The van der Waals surface area contributed by atoms with E-state index in [1.807, 2.05) is 29.3 Å². The van der Waals surface area contributed by atoms with Gasteiger partial charge in [-0.2, -0.15) is 0 Å². The van der Waals surface area contributed by atoms with Gasteiger partial charge in [-0.15, -0.1) is 0 Å². The van der Waals surface area contributed by atoms with Gasteiger partial charge in [-0.25, -0.2) is 0 Å². The van der Waals surface area contributed by atoms with Crippen LogP contribution in [-0.2, 0) is 0 Å². The Kier molecular flexibility index (Phi) is 14.5. The molecule has 0 atom stereocenters. The predicted octanol–water partition coefficient (Wildman–Crippen LogP) is 7.78. The molecule has 0 aliphatic heterocycles. The minimum absolute atomic E-state index is 0.574. The zero-order chi connectivity index (χ0) is 32.7. The molecule has 4 aromatic rings. The van der Waals surface area contributed by atoms with E-state index in [-0.39, 0.29) is 0 Å². The SMILES string of the molecule is CCCCCCC(CCCCCC)N(CCNc1cc[n+](OC)c2cc(C)ccc12)CCNc1cc[n+](OC)c2cc(Cl)ccc12. The van der Waals surface area contributed by atoms with Crippen LogP contribution in [0.1, 0.15) is 83.6 Å². The fourth-order valence-electron chi connectivity index (χ4n) is 6.49. The molecule has 0 saturated carbocycles. The second kappa shape index (κ2) is 18.8. The number of anilines is 2. The predicted molar refractivity (Wildman–Crippen MR) is 193 cm³/mol. The Balaban J connectivity index is 1.51. The molecular formula is C38H56ClN5O2+2. The Bertz CT molecular complexity index is 1400. The standard InChI is InChI=1S/C38H54ClN5O2/c1-6-8-10-12-14-32(15-13-11-9-7-2)42(26-22-40-35-20-24-43(45-4)37-28-30(3)16-18-33(35)37)27-23-41-36-21-25-44(46-5)38-29-31(39)17-19-34(36)38/h16-21,24-25,28-29,32H,6-15,22-23,26-27H2,1-5H3/p+2. The Morgan fingerprint density at radius 1 is 0.696 bits per heavy atom. The van der Waals surface area contributed by atoms with Crippen LogP contribution in [0.5, 0.6) is 0 Å². The zero-order valence-electron chi connectivity index (χ0n) is 28.8. The summed E-state index contributed by atoms with van der Waals surface area (Å²) in [7, 11) is 3.39. The molecule has 0 bridgehead atoms. The van der Waals surface area contributed by atoms with Gasteiger partial charge in [0.05, 0.1) is 22.1 Å². The van der Waals surface area contributed by atoms with E-state index in [1.54, 1.807) is 19.0 Å². The molecule has 7 nitrogen and oxygen atoms in total. The lowest BCUT2D eigenvalue weighted by Gasteiger charge is -2.33. The van der Waals surface area contributed by atoms with Gasteiger partial charge in [0.25, 0.3) is 11.0 Å². The van der Waals surface area contributed by atoms with Gasteiger partial charge in [0.15, 0.2) is 0 Å². The molecule has 0 spiro atoms. The Hall–Kier alpha value is -3.29. The van der Waals surface area contributed by atoms with Crippen molar-refractivity contribution in [3.05, 3.63) is 71.5 Å². The normalized spacial score (nSPS) is 11.6.